The molecule has 1 N–H and O–H groups in total. The highest BCUT2D eigenvalue weighted by atomic mass is 127. The molecular weight excluding hydrogens is 327 g/mol. The number of carbonyl (C=O) groups is 1. The zero-order valence-electron chi connectivity index (χ0n) is 9.74. The van der Waals surface area contributed by atoms with E-state index in [1.54, 1.807) is 6.92 Å². The Bertz CT molecular complexity index is 448. The van der Waals surface area contributed by atoms with Gasteiger partial charge < -0.3 is 5.11 Å². The number of hydrogen-bond donors (Lipinski definition) is 1. The van der Waals surface area contributed by atoms with Crippen LogP contribution in [0.1, 0.15) is 31.7 Å². The minimum atomic E-state index is -0.849. The largest absolute Gasteiger partial charge is 0.481 e. The topological polar surface area (TPSA) is 37.3 Å². The average molecular weight is 342 g/mol. The number of halogens is 1. The summed E-state index contributed by atoms with van der Waals surface area (Å²) in [6.07, 6.45) is 7.11. The number of carboxylic acid groups (broad SMARTS) is 1. The molecule has 0 aliphatic carbocycles. The van der Waals surface area contributed by atoms with Crippen molar-refractivity contribution in [3.8, 4) is 12.3 Å². The first-order valence-electron chi connectivity index (χ1n) is 5.43. The molecule has 0 aromatic heterocycles. The predicted molar refractivity (Wildman–Crippen MR) is 76.8 cm³/mol. The molecule has 90 valence electrons. The second kappa shape index (κ2) is 6.06. The Morgan fingerprint density at radius 1 is 1.59 bits per heavy atom. The second-order valence-corrected chi connectivity index (χ2v) is 5.45. The van der Waals surface area contributed by atoms with Crippen molar-refractivity contribution in [1.82, 2.24) is 0 Å². The molecule has 0 saturated carbocycles. The van der Waals surface area contributed by atoms with Crippen molar-refractivity contribution in [2.45, 2.75) is 31.6 Å². The van der Waals surface area contributed by atoms with Gasteiger partial charge in [-0.25, -0.2) is 0 Å². The fraction of sp³-hybridized carbons (Fsp3) is 0.357. The van der Waals surface area contributed by atoms with E-state index in [2.05, 4.69) is 28.5 Å². The van der Waals surface area contributed by atoms with Crippen molar-refractivity contribution in [3.05, 3.63) is 33.4 Å². The molecule has 0 aliphatic heterocycles. The molecule has 1 unspecified atom stereocenters. The van der Waals surface area contributed by atoms with Gasteiger partial charge >= 0.3 is 5.97 Å². The summed E-state index contributed by atoms with van der Waals surface area (Å²) in [6, 6.07) is 7.63. The first kappa shape index (κ1) is 14.0. The lowest BCUT2D eigenvalue weighted by Crippen LogP contribution is -2.32. The summed E-state index contributed by atoms with van der Waals surface area (Å²) >= 11 is 2.19. The Kier molecular flexibility index (Phi) is 5.01. The molecule has 0 radical (unpaired) electrons. The van der Waals surface area contributed by atoms with Gasteiger partial charge in [-0.1, -0.05) is 12.1 Å². The highest BCUT2D eigenvalue weighted by molar-refractivity contribution is 14.1. The molecule has 0 amide bonds. The number of unbranched alkanes of at least 4 members (excludes halogenated alkanes) is 1. The van der Waals surface area contributed by atoms with Gasteiger partial charge in [0.2, 0.25) is 0 Å². The smallest absolute Gasteiger partial charge is 0.313 e. The van der Waals surface area contributed by atoms with E-state index in [1.807, 2.05) is 24.3 Å². The van der Waals surface area contributed by atoms with Crippen LogP contribution in [0.4, 0.5) is 0 Å². The van der Waals surface area contributed by atoms with Crippen LogP contribution in [0, 0.1) is 15.9 Å². The third-order valence-corrected chi connectivity index (χ3v) is 3.60. The van der Waals surface area contributed by atoms with E-state index >= 15 is 0 Å². The quantitative estimate of drug-likeness (QED) is 0.506. The number of aliphatic carboxylic acids is 1. The third-order valence-electron chi connectivity index (χ3n) is 2.93. The Balaban J connectivity index is 2.99. The number of hydrogen-bond acceptors (Lipinski definition) is 1. The molecule has 0 aliphatic rings. The summed E-state index contributed by atoms with van der Waals surface area (Å²) in [6.45, 7) is 1.76. The Hall–Kier alpha value is -1.02. The Morgan fingerprint density at radius 3 is 2.82 bits per heavy atom. The van der Waals surface area contributed by atoms with E-state index in [9.17, 15) is 9.90 Å². The van der Waals surface area contributed by atoms with Crippen LogP contribution in [0.3, 0.4) is 0 Å². The number of terminal acetylenes is 1. The van der Waals surface area contributed by atoms with Crippen LogP contribution in [0.25, 0.3) is 0 Å². The van der Waals surface area contributed by atoms with Gasteiger partial charge in [0.25, 0.3) is 0 Å². The molecule has 0 heterocycles. The molecule has 0 fully saturated rings. The number of benzene rings is 1. The standard InChI is InChI=1S/C14H15IO2/c1-3-4-5-9-14(2,13(16)17)11-7-6-8-12(15)10-11/h1,6-8,10H,4-5,9H2,2H3,(H,16,17). The van der Waals surface area contributed by atoms with Crippen LogP contribution in [0.2, 0.25) is 0 Å². The van der Waals surface area contributed by atoms with E-state index < -0.39 is 11.4 Å². The normalized spacial score (nSPS) is 13.7. The van der Waals surface area contributed by atoms with Crippen molar-refractivity contribution in [2.75, 3.05) is 0 Å². The number of rotatable bonds is 5. The first-order chi connectivity index (χ1) is 8.00. The van der Waals surface area contributed by atoms with Crippen molar-refractivity contribution in [2.24, 2.45) is 0 Å². The van der Waals surface area contributed by atoms with Crippen LogP contribution in [-0.4, -0.2) is 11.1 Å². The number of carboxylic acids is 1. The molecule has 0 spiro atoms. The minimum absolute atomic E-state index is 0.562. The van der Waals surface area contributed by atoms with E-state index in [0.717, 1.165) is 15.6 Å². The van der Waals surface area contributed by atoms with Crippen LogP contribution in [0.15, 0.2) is 24.3 Å². The predicted octanol–water partition coefficient (Wildman–Crippen LogP) is 3.44. The zero-order chi connectivity index (χ0) is 12.9. The van der Waals surface area contributed by atoms with Crippen molar-refractivity contribution in [1.29, 1.82) is 0 Å². The lowest BCUT2D eigenvalue weighted by Gasteiger charge is -2.25. The molecule has 0 bridgehead atoms. The van der Waals surface area contributed by atoms with E-state index in [0.29, 0.717) is 12.8 Å². The van der Waals surface area contributed by atoms with E-state index in [4.69, 9.17) is 6.42 Å². The van der Waals surface area contributed by atoms with Crippen molar-refractivity contribution >= 4 is 28.6 Å². The fourth-order valence-electron chi connectivity index (χ4n) is 1.75. The van der Waals surface area contributed by atoms with E-state index in [1.165, 1.54) is 0 Å². The van der Waals surface area contributed by atoms with Gasteiger partial charge in [-0.2, -0.15) is 0 Å². The highest BCUT2D eigenvalue weighted by Crippen LogP contribution is 2.30. The van der Waals surface area contributed by atoms with Gasteiger partial charge in [0.1, 0.15) is 0 Å². The average Bonchev–Trinajstić information content (AvgIpc) is 2.29. The molecule has 17 heavy (non-hydrogen) atoms. The monoisotopic (exact) mass is 342 g/mol. The molecule has 1 aromatic carbocycles. The van der Waals surface area contributed by atoms with Gasteiger partial charge in [0.15, 0.2) is 0 Å². The summed E-state index contributed by atoms with van der Waals surface area (Å²) in [5.41, 5.74) is -0.00758. The molecule has 1 atom stereocenters. The van der Waals surface area contributed by atoms with Crippen LogP contribution >= 0.6 is 22.6 Å². The van der Waals surface area contributed by atoms with E-state index in [-0.39, 0.29) is 0 Å². The molecule has 3 heteroatoms. The summed E-state index contributed by atoms with van der Waals surface area (Å²) in [7, 11) is 0. The lowest BCUT2D eigenvalue weighted by atomic mass is 9.78. The maximum atomic E-state index is 11.5. The van der Waals surface area contributed by atoms with Crippen LogP contribution < -0.4 is 0 Å². The lowest BCUT2D eigenvalue weighted by molar-refractivity contribution is -0.143. The van der Waals surface area contributed by atoms with Crippen molar-refractivity contribution < 1.29 is 9.90 Å². The van der Waals surface area contributed by atoms with Gasteiger partial charge in [-0.05, 0) is 60.1 Å². The summed E-state index contributed by atoms with van der Waals surface area (Å²) in [5, 5.41) is 9.42. The maximum absolute atomic E-state index is 11.5. The fourth-order valence-corrected chi connectivity index (χ4v) is 2.29. The van der Waals surface area contributed by atoms with Gasteiger partial charge in [-0.15, -0.1) is 12.3 Å². The SMILES string of the molecule is C#CCCCC(C)(C(=O)O)c1cccc(I)c1. The Labute approximate surface area is 116 Å². The van der Waals surface area contributed by atoms with Crippen molar-refractivity contribution in [3.63, 3.8) is 0 Å². The minimum Gasteiger partial charge on any atom is -0.481 e. The zero-order valence-corrected chi connectivity index (χ0v) is 11.9. The maximum Gasteiger partial charge on any atom is 0.313 e. The highest BCUT2D eigenvalue weighted by Gasteiger charge is 2.34. The molecule has 1 aromatic rings. The molecule has 0 saturated heterocycles. The second-order valence-electron chi connectivity index (χ2n) is 4.21. The molecular formula is C14H15IO2. The molecule has 2 nitrogen and oxygen atoms in total. The summed E-state index contributed by atoms with van der Waals surface area (Å²) in [4.78, 5) is 11.5. The van der Waals surface area contributed by atoms with Gasteiger partial charge in [-0.3, -0.25) is 4.79 Å². The van der Waals surface area contributed by atoms with Crippen LogP contribution in [-0.2, 0) is 10.2 Å². The van der Waals surface area contributed by atoms with Gasteiger partial charge in [0, 0.05) is 9.99 Å². The summed E-state index contributed by atoms with van der Waals surface area (Å²) < 4.78 is 1.05. The third kappa shape index (κ3) is 3.47. The van der Waals surface area contributed by atoms with Crippen LogP contribution in [0.5, 0.6) is 0 Å². The molecule has 1 rings (SSSR count). The first-order valence-corrected chi connectivity index (χ1v) is 6.51. The van der Waals surface area contributed by atoms with Gasteiger partial charge in [0.05, 0.1) is 5.41 Å². The Morgan fingerprint density at radius 2 is 2.29 bits per heavy atom. The summed E-state index contributed by atoms with van der Waals surface area (Å²) in [5.74, 6) is 1.75.